The molecule has 1 aromatic carbocycles. The number of nitrogens with two attached hydrogens (primary N) is 1. The molecule has 0 aliphatic heterocycles. The number of hydrogen-bond donors (Lipinski definition) is 2. The van der Waals surface area contributed by atoms with Crippen LogP contribution in [0.1, 0.15) is 12.8 Å². The van der Waals surface area contributed by atoms with Crippen LogP contribution >= 0.6 is 12.4 Å². The lowest BCUT2D eigenvalue weighted by Crippen LogP contribution is -2.38. The first-order valence-electron chi connectivity index (χ1n) is 6.03. The van der Waals surface area contributed by atoms with Gasteiger partial charge in [-0.1, -0.05) is 0 Å². The second kappa shape index (κ2) is 6.71. The summed E-state index contributed by atoms with van der Waals surface area (Å²) in [6.45, 7) is 0.167. The van der Waals surface area contributed by atoms with Crippen LogP contribution in [0.5, 0.6) is 5.75 Å². The highest BCUT2D eigenvalue weighted by Crippen LogP contribution is 2.31. The number of nitrogens with one attached hydrogen (secondary N) is 1. The molecule has 1 aliphatic carbocycles. The summed E-state index contributed by atoms with van der Waals surface area (Å²) in [5.74, 6) is -0.305. The normalized spacial score (nSPS) is 16.4. The smallest absolute Gasteiger partial charge is 0.240 e. The zero-order valence-corrected chi connectivity index (χ0v) is 12.6. The van der Waals surface area contributed by atoms with Crippen LogP contribution in [-0.4, -0.2) is 28.1 Å². The molecule has 0 aromatic heterocycles. The lowest BCUT2D eigenvalue weighted by molar-refractivity contribution is 0.385. The minimum absolute atomic E-state index is 0. The van der Waals surface area contributed by atoms with Crippen molar-refractivity contribution in [1.82, 2.24) is 4.72 Å². The maximum atomic E-state index is 13.5. The summed E-state index contributed by atoms with van der Waals surface area (Å²) in [5.41, 5.74) is 5.82. The monoisotopic (exact) mass is 324 g/mol. The highest BCUT2D eigenvalue weighted by atomic mass is 35.5. The number of ether oxygens (including phenoxy) is 1. The highest BCUT2D eigenvalue weighted by Gasteiger charge is 2.29. The van der Waals surface area contributed by atoms with Crippen molar-refractivity contribution in [3.63, 3.8) is 0 Å². The van der Waals surface area contributed by atoms with Crippen molar-refractivity contribution in [1.29, 1.82) is 0 Å². The molecule has 0 radical (unpaired) electrons. The zero-order chi connectivity index (χ0) is 14.0. The fourth-order valence-electron chi connectivity index (χ4n) is 1.79. The van der Waals surface area contributed by atoms with Gasteiger partial charge < -0.3 is 10.5 Å². The van der Waals surface area contributed by atoms with Gasteiger partial charge >= 0.3 is 0 Å². The van der Waals surface area contributed by atoms with Crippen LogP contribution in [0.3, 0.4) is 0 Å². The molecule has 1 aromatic rings. The maximum absolute atomic E-state index is 13.5. The van der Waals surface area contributed by atoms with Gasteiger partial charge in [0, 0.05) is 12.6 Å². The fraction of sp³-hybridized carbons (Fsp3) is 0.500. The first kappa shape index (κ1) is 17.2. The third kappa shape index (κ3) is 4.05. The average molecular weight is 325 g/mol. The molecule has 5 nitrogen and oxygen atoms in total. The molecule has 8 heteroatoms. The Hall–Kier alpha value is -0.890. The number of sulfonamides is 1. The van der Waals surface area contributed by atoms with Gasteiger partial charge in [0.05, 0.1) is 12.0 Å². The van der Waals surface area contributed by atoms with Gasteiger partial charge in [0.1, 0.15) is 0 Å². The van der Waals surface area contributed by atoms with Crippen molar-refractivity contribution in [2.45, 2.75) is 23.8 Å². The summed E-state index contributed by atoms with van der Waals surface area (Å²) in [7, 11) is -2.42. The zero-order valence-electron chi connectivity index (χ0n) is 11.0. The summed E-state index contributed by atoms with van der Waals surface area (Å²) in [6, 6.07) is 3.33. The second-order valence-corrected chi connectivity index (χ2v) is 6.42. The summed E-state index contributed by atoms with van der Waals surface area (Å²) < 4.78 is 44.5. The molecular formula is C12H18ClFN2O3S. The molecule has 1 aliphatic rings. The van der Waals surface area contributed by atoms with Gasteiger partial charge in [-0.25, -0.2) is 17.5 Å². The SMILES string of the molecule is COc1ccc(S(=O)(=O)NCC(N)C2CC2)cc1F.Cl. The largest absolute Gasteiger partial charge is 0.494 e. The molecule has 20 heavy (non-hydrogen) atoms. The van der Waals surface area contributed by atoms with Gasteiger partial charge in [0.2, 0.25) is 10.0 Å². The standard InChI is InChI=1S/C12H17FN2O3S.ClH/c1-18-12-5-4-9(6-10(12)13)19(16,17)15-7-11(14)8-2-3-8;/h4-6,8,11,15H,2-3,7,14H2,1H3;1H. The van der Waals surface area contributed by atoms with E-state index in [0.29, 0.717) is 5.92 Å². The van der Waals surface area contributed by atoms with Gasteiger partial charge in [0.15, 0.2) is 11.6 Å². The molecule has 2 rings (SSSR count). The molecule has 0 saturated heterocycles. The van der Waals surface area contributed by atoms with E-state index < -0.39 is 15.8 Å². The Balaban J connectivity index is 0.00000200. The third-order valence-electron chi connectivity index (χ3n) is 3.17. The molecule has 1 unspecified atom stereocenters. The van der Waals surface area contributed by atoms with Crippen LogP contribution in [0, 0.1) is 11.7 Å². The van der Waals surface area contributed by atoms with Gasteiger partial charge in [-0.2, -0.15) is 0 Å². The van der Waals surface area contributed by atoms with Gasteiger partial charge in [-0.3, -0.25) is 0 Å². The number of benzene rings is 1. The Kier molecular flexibility index (Phi) is 5.76. The van der Waals surface area contributed by atoms with E-state index in [9.17, 15) is 12.8 Å². The topological polar surface area (TPSA) is 81.4 Å². The molecule has 0 spiro atoms. The number of hydrogen-bond acceptors (Lipinski definition) is 4. The van der Waals surface area contributed by atoms with E-state index in [-0.39, 0.29) is 35.6 Å². The van der Waals surface area contributed by atoms with Crippen LogP contribution in [0.4, 0.5) is 4.39 Å². The molecule has 1 fully saturated rings. The Morgan fingerprint density at radius 2 is 2.15 bits per heavy atom. The third-order valence-corrected chi connectivity index (χ3v) is 4.59. The molecular weight excluding hydrogens is 307 g/mol. The second-order valence-electron chi connectivity index (χ2n) is 4.65. The first-order chi connectivity index (χ1) is 8.94. The minimum atomic E-state index is -3.73. The van der Waals surface area contributed by atoms with Crippen molar-refractivity contribution >= 4 is 22.4 Å². The van der Waals surface area contributed by atoms with Crippen molar-refractivity contribution < 1.29 is 17.5 Å². The molecule has 1 saturated carbocycles. The molecule has 3 N–H and O–H groups in total. The van der Waals surface area contributed by atoms with Crippen LogP contribution in [0.15, 0.2) is 23.1 Å². The predicted octanol–water partition coefficient (Wildman–Crippen LogP) is 1.27. The van der Waals surface area contributed by atoms with Crippen molar-refractivity contribution in [3.05, 3.63) is 24.0 Å². The first-order valence-corrected chi connectivity index (χ1v) is 7.51. The van der Waals surface area contributed by atoms with Gasteiger partial charge in [0.25, 0.3) is 0 Å². The Morgan fingerprint density at radius 3 is 2.65 bits per heavy atom. The highest BCUT2D eigenvalue weighted by molar-refractivity contribution is 7.89. The van der Waals surface area contributed by atoms with E-state index in [1.165, 1.54) is 19.2 Å². The van der Waals surface area contributed by atoms with Crippen molar-refractivity contribution in [2.24, 2.45) is 11.7 Å². The molecule has 1 atom stereocenters. The maximum Gasteiger partial charge on any atom is 0.240 e. The van der Waals surface area contributed by atoms with Crippen LogP contribution in [-0.2, 0) is 10.0 Å². The van der Waals surface area contributed by atoms with E-state index in [4.69, 9.17) is 10.5 Å². The quantitative estimate of drug-likeness (QED) is 0.825. The summed E-state index contributed by atoms with van der Waals surface area (Å²) in [5, 5.41) is 0. The van der Waals surface area contributed by atoms with Crippen LogP contribution in [0.25, 0.3) is 0 Å². The van der Waals surface area contributed by atoms with E-state index in [1.54, 1.807) is 0 Å². The van der Waals surface area contributed by atoms with E-state index in [1.807, 2.05) is 0 Å². The minimum Gasteiger partial charge on any atom is -0.494 e. The summed E-state index contributed by atoms with van der Waals surface area (Å²) in [4.78, 5) is -0.131. The summed E-state index contributed by atoms with van der Waals surface area (Å²) >= 11 is 0. The molecule has 0 amide bonds. The lowest BCUT2D eigenvalue weighted by atomic mass is 10.2. The Morgan fingerprint density at radius 1 is 1.50 bits per heavy atom. The predicted molar refractivity (Wildman–Crippen MR) is 76.1 cm³/mol. The molecule has 0 bridgehead atoms. The van der Waals surface area contributed by atoms with Gasteiger partial charge in [-0.15, -0.1) is 12.4 Å². The van der Waals surface area contributed by atoms with Gasteiger partial charge in [-0.05, 0) is 37.0 Å². The molecule has 0 heterocycles. The van der Waals surface area contributed by atoms with Crippen LogP contribution in [0.2, 0.25) is 0 Å². The number of rotatable bonds is 6. The molecule has 114 valence electrons. The Bertz CT molecular complexity index is 564. The van der Waals surface area contributed by atoms with E-state index >= 15 is 0 Å². The number of halogens is 2. The summed E-state index contributed by atoms with van der Waals surface area (Å²) in [6.07, 6.45) is 2.08. The van der Waals surface area contributed by atoms with E-state index in [2.05, 4.69) is 4.72 Å². The number of methoxy groups -OCH3 is 1. The fourth-order valence-corrected chi connectivity index (χ4v) is 2.88. The van der Waals surface area contributed by atoms with Crippen molar-refractivity contribution in [3.8, 4) is 5.75 Å². The lowest BCUT2D eigenvalue weighted by Gasteiger charge is -2.12. The van der Waals surface area contributed by atoms with E-state index in [0.717, 1.165) is 18.9 Å². The van der Waals surface area contributed by atoms with Crippen LogP contribution < -0.4 is 15.2 Å². The average Bonchev–Trinajstić information content (AvgIpc) is 3.20. The Labute approximate surface area is 124 Å². The van der Waals surface area contributed by atoms with Crippen molar-refractivity contribution in [2.75, 3.05) is 13.7 Å².